The fraction of sp³-hybridized carbons (Fsp3) is 0.500. The van der Waals surface area contributed by atoms with E-state index in [-0.39, 0.29) is 5.75 Å². The highest BCUT2D eigenvalue weighted by Crippen LogP contribution is 2.49. The summed E-state index contributed by atoms with van der Waals surface area (Å²) in [5, 5.41) is 0.320. The van der Waals surface area contributed by atoms with Crippen LogP contribution in [0.1, 0.15) is 36.8 Å². The van der Waals surface area contributed by atoms with Crippen molar-refractivity contribution >= 4 is 17.7 Å². The predicted octanol–water partition coefficient (Wildman–Crippen LogP) is 3.90. The van der Waals surface area contributed by atoms with Crippen LogP contribution in [0.2, 0.25) is 5.02 Å². The molecule has 1 fully saturated rings. The van der Waals surface area contributed by atoms with Crippen molar-refractivity contribution in [1.29, 1.82) is 0 Å². The van der Waals surface area contributed by atoms with Crippen molar-refractivity contribution in [3.63, 3.8) is 0 Å². The van der Waals surface area contributed by atoms with E-state index in [2.05, 4.69) is 4.99 Å². The number of halogens is 2. The molecular formula is C14H15ClFNO2. The molecule has 0 amide bonds. The maximum absolute atomic E-state index is 14.0. The molecule has 0 unspecified atom stereocenters. The summed E-state index contributed by atoms with van der Waals surface area (Å²) >= 11 is 6.05. The van der Waals surface area contributed by atoms with Gasteiger partial charge in [-0.25, -0.2) is 9.18 Å². The summed E-state index contributed by atoms with van der Waals surface area (Å²) in [5.74, 6) is -0.400. The molecule has 0 N–H and O–H groups in total. The third-order valence-electron chi connectivity index (χ3n) is 3.79. The van der Waals surface area contributed by atoms with Crippen molar-refractivity contribution in [3.8, 4) is 5.75 Å². The van der Waals surface area contributed by atoms with Crippen LogP contribution in [0.3, 0.4) is 0 Å². The number of methoxy groups -OCH3 is 1. The van der Waals surface area contributed by atoms with Gasteiger partial charge in [0.25, 0.3) is 0 Å². The monoisotopic (exact) mass is 283 g/mol. The van der Waals surface area contributed by atoms with E-state index in [1.54, 1.807) is 13.0 Å². The van der Waals surface area contributed by atoms with Gasteiger partial charge in [0, 0.05) is 10.6 Å². The SMILES string of the molecule is COc1c(F)cc(Cl)c(C)c1C1(N=C=O)CCCC1. The van der Waals surface area contributed by atoms with Crippen LogP contribution in [0.4, 0.5) is 4.39 Å². The van der Waals surface area contributed by atoms with E-state index in [0.29, 0.717) is 29.0 Å². The van der Waals surface area contributed by atoms with Crippen molar-refractivity contribution in [1.82, 2.24) is 0 Å². The zero-order valence-electron chi connectivity index (χ0n) is 10.9. The van der Waals surface area contributed by atoms with Gasteiger partial charge in [-0.2, -0.15) is 4.99 Å². The van der Waals surface area contributed by atoms with Crippen molar-refractivity contribution < 1.29 is 13.9 Å². The highest BCUT2D eigenvalue weighted by molar-refractivity contribution is 6.31. The van der Waals surface area contributed by atoms with Gasteiger partial charge in [-0.3, -0.25) is 0 Å². The first-order valence-corrected chi connectivity index (χ1v) is 6.55. The number of nitrogens with zero attached hydrogens (tertiary/aromatic N) is 1. The topological polar surface area (TPSA) is 38.7 Å². The summed E-state index contributed by atoms with van der Waals surface area (Å²) in [4.78, 5) is 14.7. The predicted molar refractivity (Wildman–Crippen MR) is 71.0 cm³/mol. The Balaban J connectivity index is 2.75. The molecule has 2 rings (SSSR count). The largest absolute Gasteiger partial charge is 0.493 e. The standard InChI is InChI=1S/C14H15ClFNO2/c1-9-10(15)7-11(16)13(19-2)12(9)14(17-8-18)5-3-4-6-14/h7H,3-6H2,1-2H3. The molecule has 1 aromatic carbocycles. The van der Waals surface area contributed by atoms with Gasteiger partial charge in [-0.15, -0.1) is 0 Å². The Morgan fingerprint density at radius 3 is 2.63 bits per heavy atom. The Morgan fingerprint density at radius 1 is 1.47 bits per heavy atom. The summed E-state index contributed by atoms with van der Waals surface area (Å²) in [6, 6.07) is 1.23. The molecule has 102 valence electrons. The molecular weight excluding hydrogens is 269 g/mol. The van der Waals surface area contributed by atoms with Crippen molar-refractivity contribution in [2.75, 3.05) is 7.11 Å². The summed E-state index contributed by atoms with van der Waals surface area (Å²) in [5.41, 5.74) is 0.546. The van der Waals surface area contributed by atoms with Crippen LogP contribution < -0.4 is 4.74 Å². The summed E-state index contributed by atoms with van der Waals surface area (Å²) < 4.78 is 19.2. The molecule has 1 saturated carbocycles. The first-order valence-electron chi connectivity index (χ1n) is 6.18. The van der Waals surface area contributed by atoms with Gasteiger partial charge in [-0.05, 0) is 31.4 Å². The maximum atomic E-state index is 14.0. The smallest absolute Gasteiger partial charge is 0.235 e. The fourth-order valence-corrected chi connectivity index (χ4v) is 3.11. The zero-order valence-corrected chi connectivity index (χ0v) is 11.7. The van der Waals surface area contributed by atoms with Crippen LogP contribution in [-0.4, -0.2) is 13.2 Å². The lowest BCUT2D eigenvalue weighted by Gasteiger charge is -2.27. The number of isocyanates is 1. The average Bonchev–Trinajstić information content (AvgIpc) is 2.83. The van der Waals surface area contributed by atoms with Crippen LogP contribution in [0.5, 0.6) is 5.75 Å². The number of hydrogen-bond acceptors (Lipinski definition) is 3. The molecule has 0 bridgehead atoms. The highest BCUT2D eigenvalue weighted by Gasteiger charge is 2.40. The van der Waals surface area contributed by atoms with Crippen molar-refractivity contribution in [2.45, 2.75) is 38.1 Å². The van der Waals surface area contributed by atoms with E-state index in [4.69, 9.17) is 16.3 Å². The van der Waals surface area contributed by atoms with Gasteiger partial charge in [0.15, 0.2) is 11.6 Å². The zero-order chi connectivity index (χ0) is 14.0. The molecule has 0 aliphatic heterocycles. The molecule has 19 heavy (non-hydrogen) atoms. The summed E-state index contributed by atoms with van der Waals surface area (Å²) in [6.45, 7) is 1.79. The lowest BCUT2D eigenvalue weighted by Crippen LogP contribution is -2.22. The minimum atomic E-state index is -0.747. The lowest BCUT2D eigenvalue weighted by molar-refractivity contribution is 0.356. The number of ether oxygens (including phenoxy) is 1. The van der Waals surface area contributed by atoms with E-state index >= 15 is 0 Å². The van der Waals surface area contributed by atoms with E-state index in [1.807, 2.05) is 0 Å². The molecule has 0 aromatic heterocycles. The van der Waals surface area contributed by atoms with Crippen LogP contribution >= 0.6 is 11.6 Å². The second-order valence-corrected chi connectivity index (χ2v) is 5.22. The Bertz CT molecular complexity index is 547. The van der Waals surface area contributed by atoms with Gasteiger partial charge in [0.2, 0.25) is 6.08 Å². The lowest BCUT2D eigenvalue weighted by atomic mass is 9.85. The third kappa shape index (κ3) is 2.26. The average molecular weight is 284 g/mol. The maximum Gasteiger partial charge on any atom is 0.235 e. The van der Waals surface area contributed by atoms with Crippen molar-refractivity contribution in [2.24, 2.45) is 4.99 Å². The highest BCUT2D eigenvalue weighted by atomic mass is 35.5. The Hall–Kier alpha value is -1.38. The number of hydrogen-bond donors (Lipinski definition) is 0. The molecule has 1 aromatic rings. The van der Waals surface area contributed by atoms with Crippen LogP contribution in [0, 0.1) is 12.7 Å². The quantitative estimate of drug-likeness (QED) is 0.623. The molecule has 0 saturated heterocycles. The van der Waals surface area contributed by atoms with Crippen LogP contribution in [0.25, 0.3) is 0 Å². The van der Waals surface area contributed by atoms with Gasteiger partial charge in [0.1, 0.15) is 5.54 Å². The molecule has 0 heterocycles. The molecule has 0 radical (unpaired) electrons. The first-order chi connectivity index (χ1) is 9.05. The summed E-state index contributed by atoms with van der Waals surface area (Å²) in [6.07, 6.45) is 4.84. The van der Waals surface area contributed by atoms with E-state index in [0.717, 1.165) is 12.8 Å². The second kappa shape index (κ2) is 5.32. The van der Waals surface area contributed by atoms with Gasteiger partial charge in [0.05, 0.1) is 7.11 Å². The molecule has 3 nitrogen and oxygen atoms in total. The normalized spacial score (nSPS) is 17.1. The van der Waals surface area contributed by atoms with E-state index in [1.165, 1.54) is 13.2 Å². The molecule has 0 atom stereocenters. The van der Waals surface area contributed by atoms with Crippen molar-refractivity contribution in [3.05, 3.63) is 28.0 Å². The molecule has 0 spiro atoms. The molecule has 1 aliphatic carbocycles. The minimum absolute atomic E-state index is 0.128. The van der Waals surface area contributed by atoms with Crippen LogP contribution in [-0.2, 0) is 10.3 Å². The fourth-order valence-electron chi connectivity index (χ4n) is 2.92. The minimum Gasteiger partial charge on any atom is -0.493 e. The Kier molecular flexibility index (Phi) is 3.93. The first kappa shape index (κ1) is 14.0. The summed E-state index contributed by atoms with van der Waals surface area (Å²) in [7, 11) is 1.41. The van der Waals surface area contributed by atoms with E-state index < -0.39 is 11.4 Å². The van der Waals surface area contributed by atoms with E-state index in [9.17, 15) is 9.18 Å². The number of rotatable bonds is 3. The van der Waals surface area contributed by atoms with Gasteiger partial charge < -0.3 is 4.74 Å². The number of benzene rings is 1. The van der Waals surface area contributed by atoms with Gasteiger partial charge >= 0.3 is 0 Å². The third-order valence-corrected chi connectivity index (χ3v) is 4.18. The number of carbonyl (C=O) groups excluding carboxylic acids is 1. The molecule has 1 aliphatic rings. The van der Waals surface area contributed by atoms with Crippen LogP contribution in [0.15, 0.2) is 11.1 Å². The Morgan fingerprint density at radius 2 is 2.11 bits per heavy atom. The van der Waals surface area contributed by atoms with Gasteiger partial charge in [-0.1, -0.05) is 24.4 Å². The molecule has 5 heteroatoms. The Labute approximate surface area is 116 Å². The number of aliphatic imine (C=N–C) groups is 1. The second-order valence-electron chi connectivity index (χ2n) is 4.82.